The number of carbonyl (C=O) groups is 2. The van der Waals surface area contributed by atoms with Gasteiger partial charge in [-0.05, 0) is 95.5 Å². The summed E-state index contributed by atoms with van der Waals surface area (Å²) >= 11 is 16.0. The molecule has 2 aromatic rings. The van der Waals surface area contributed by atoms with Crippen LogP contribution in [0, 0.1) is 26.7 Å². The Hall–Kier alpha value is -1.75. The molecule has 7 heteroatoms. The molecule has 4 nitrogen and oxygen atoms in total. The SMILES string of the molecule is CC(C)c1c(Cl)cc2c(c1Cl)C(=O)N(CCCC#Cc1cccc(I)c1)C[C@H]1[C@](C)(C(=O)O)CCC[C@]21C. The molecule has 0 aromatic heterocycles. The number of halogens is 3. The van der Waals surface area contributed by atoms with Gasteiger partial charge in [-0.15, -0.1) is 0 Å². The molecule has 1 saturated carbocycles. The molecule has 202 valence electrons. The number of unbranched alkanes of at least 4 members (excludes halogenated alkanes) is 1. The Bertz CT molecular complexity index is 1330. The molecule has 2 aromatic carbocycles. The molecule has 0 radical (unpaired) electrons. The van der Waals surface area contributed by atoms with Crippen molar-refractivity contribution in [2.24, 2.45) is 11.3 Å². The van der Waals surface area contributed by atoms with Crippen LogP contribution in [0.15, 0.2) is 30.3 Å². The van der Waals surface area contributed by atoms with Crippen molar-refractivity contribution >= 4 is 57.7 Å². The highest BCUT2D eigenvalue weighted by Gasteiger charge is 2.57. The summed E-state index contributed by atoms with van der Waals surface area (Å²) in [7, 11) is 0. The van der Waals surface area contributed by atoms with E-state index in [1.807, 2.05) is 56.0 Å². The minimum Gasteiger partial charge on any atom is -0.481 e. The molecule has 1 amide bonds. The van der Waals surface area contributed by atoms with Gasteiger partial charge in [0, 0.05) is 39.6 Å². The van der Waals surface area contributed by atoms with Crippen molar-refractivity contribution in [2.45, 2.75) is 71.1 Å². The zero-order chi connectivity index (χ0) is 27.8. The highest BCUT2D eigenvalue weighted by atomic mass is 127. The molecule has 1 aliphatic heterocycles. The lowest BCUT2D eigenvalue weighted by molar-refractivity contribution is -0.157. The first-order valence-corrected chi connectivity index (χ1v) is 15.0. The van der Waals surface area contributed by atoms with Crippen molar-refractivity contribution < 1.29 is 14.7 Å². The molecule has 1 fully saturated rings. The summed E-state index contributed by atoms with van der Waals surface area (Å²) in [5.41, 5.74) is 1.51. The van der Waals surface area contributed by atoms with E-state index in [1.165, 1.54) is 0 Å². The first-order valence-electron chi connectivity index (χ1n) is 13.2. The highest BCUT2D eigenvalue weighted by Crippen LogP contribution is 2.56. The van der Waals surface area contributed by atoms with Gasteiger partial charge in [-0.2, -0.15) is 0 Å². The number of amides is 1. The van der Waals surface area contributed by atoms with Crippen molar-refractivity contribution in [1.29, 1.82) is 0 Å². The molecule has 1 heterocycles. The number of aliphatic carboxylic acids is 1. The van der Waals surface area contributed by atoms with Crippen LogP contribution in [0.25, 0.3) is 0 Å². The summed E-state index contributed by atoms with van der Waals surface area (Å²) in [6.07, 6.45) is 3.44. The maximum Gasteiger partial charge on any atom is 0.309 e. The summed E-state index contributed by atoms with van der Waals surface area (Å²) < 4.78 is 1.14. The zero-order valence-electron chi connectivity index (χ0n) is 22.3. The van der Waals surface area contributed by atoms with E-state index in [9.17, 15) is 14.7 Å². The molecule has 0 bridgehead atoms. The van der Waals surface area contributed by atoms with Gasteiger partial charge < -0.3 is 10.0 Å². The second-order valence-corrected chi connectivity index (χ2v) is 13.4. The van der Waals surface area contributed by atoms with E-state index in [0.29, 0.717) is 48.0 Å². The minimum atomic E-state index is -0.965. The average Bonchev–Trinajstić information content (AvgIpc) is 2.92. The van der Waals surface area contributed by atoms with Crippen LogP contribution in [-0.2, 0) is 10.2 Å². The van der Waals surface area contributed by atoms with Gasteiger partial charge in [0.15, 0.2) is 0 Å². The molecule has 0 unspecified atom stereocenters. The molecule has 0 spiro atoms. The Morgan fingerprint density at radius 3 is 2.63 bits per heavy atom. The lowest BCUT2D eigenvalue weighted by Gasteiger charge is -2.50. The van der Waals surface area contributed by atoms with Gasteiger partial charge in [-0.25, -0.2) is 0 Å². The van der Waals surface area contributed by atoms with Gasteiger partial charge in [-0.3, -0.25) is 9.59 Å². The van der Waals surface area contributed by atoms with E-state index in [0.717, 1.165) is 33.1 Å². The fourth-order valence-electron chi connectivity index (χ4n) is 6.42. The molecule has 3 atom stereocenters. The van der Waals surface area contributed by atoms with Gasteiger partial charge in [0.25, 0.3) is 5.91 Å². The van der Waals surface area contributed by atoms with Crippen LogP contribution in [0.5, 0.6) is 0 Å². The van der Waals surface area contributed by atoms with Crippen molar-refractivity contribution in [1.82, 2.24) is 4.90 Å². The lowest BCUT2D eigenvalue weighted by Crippen LogP contribution is -2.53. The van der Waals surface area contributed by atoms with Crippen LogP contribution in [0.3, 0.4) is 0 Å². The van der Waals surface area contributed by atoms with Crippen LogP contribution in [0.2, 0.25) is 10.0 Å². The Morgan fingerprint density at radius 2 is 1.97 bits per heavy atom. The number of fused-ring (bicyclic) bond motifs is 3. The maximum absolute atomic E-state index is 14.1. The average molecular weight is 666 g/mol. The van der Waals surface area contributed by atoms with E-state index in [-0.39, 0.29) is 17.7 Å². The topological polar surface area (TPSA) is 57.6 Å². The van der Waals surface area contributed by atoms with Crippen molar-refractivity contribution in [3.05, 3.63) is 66.2 Å². The quantitative estimate of drug-likeness (QED) is 0.199. The maximum atomic E-state index is 14.1. The molecule has 0 saturated heterocycles. The predicted molar refractivity (Wildman–Crippen MR) is 162 cm³/mol. The van der Waals surface area contributed by atoms with Crippen LogP contribution < -0.4 is 0 Å². The van der Waals surface area contributed by atoms with Crippen LogP contribution in [-0.4, -0.2) is 35.0 Å². The third-order valence-electron chi connectivity index (χ3n) is 8.56. The van der Waals surface area contributed by atoms with E-state index >= 15 is 0 Å². The molecular weight excluding hydrogens is 632 g/mol. The van der Waals surface area contributed by atoms with Crippen LogP contribution >= 0.6 is 45.8 Å². The van der Waals surface area contributed by atoms with Gasteiger partial charge in [0.05, 0.1) is 16.0 Å². The standard InChI is InChI=1S/C31H34Cl2INO3/c1-19(2)25-23(32)17-22-26(27(25)33)28(36)35(15-7-5-6-10-20-11-8-12-21(34)16-20)18-24-30(22,3)13-9-14-31(24,4)29(37)38/h8,11-12,16-17,19,24H,5,7,9,13-15,18H2,1-4H3,(H,37,38)/t24-,30-,31-/m1/s1. The van der Waals surface area contributed by atoms with Gasteiger partial charge in [-0.1, -0.05) is 68.3 Å². The number of carboxylic acids is 1. The molecule has 1 N–H and O–H groups in total. The number of hydrogen-bond acceptors (Lipinski definition) is 2. The second-order valence-electron chi connectivity index (χ2n) is 11.4. The molecule has 1 aliphatic carbocycles. The molecule has 38 heavy (non-hydrogen) atoms. The summed E-state index contributed by atoms with van der Waals surface area (Å²) in [4.78, 5) is 28.6. The minimum absolute atomic E-state index is 0.0420. The fourth-order valence-corrected chi connectivity index (χ4v) is 7.94. The molecular formula is C31H34Cl2INO3. The number of rotatable bonds is 5. The van der Waals surface area contributed by atoms with Crippen molar-refractivity contribution in [2.75, 3.05) is 13.1 Å². The Kier molecular flexibility index (Phi) is 8.76. The highest BCUT2D eigenvalue weighted by molar-refractivity contribution is 14.1. The van der Waals surface area contributed by atoms with Gasteiger partial charge in [0.2, 0.25) is 0 Å². The van der Waals surface area contributed by atoms with Gasteiger partial charge >= 0.3 is 5.97 Å². The smallest absolute Gasteiger partial charge is 0.309 e. The Labute approximate surface area is 249 Å². The second kappa shape index (κ2) is 11.4. The predicted octanol–water partition coefficient (Wildman–Crippen LogP) is 8.16. The first kappa shape index (κ1) is 29.2. The number of carboxylic acid groups (broad SMARTS) is 1. The fraction of sp³-hybridized carbons (Fsp3) is 0.484. The largest absolute Gasteiger partial charge is 0.481 e. The van der Waals surface area contributed by atoms with E-state index in [1.54, 1.807) is 0 Å². The Balaban J connectivity index is 1.73. The van der Waals surface area contributed by atoms with Gasteiger partial charge in [0.1, 0.15) is 0 Å². The van der Waals surface area contributed by atoms with Crippen molar-refractivity contribution in [3.63, 3.8) is 0 Å². The molecule has 4 rings (SSSR count). The third-order valence-corrected chi connectivity index (χ3v) is 9.93. The normalized spacial score (nSPS) is 24.8. The van der Waals surface area contributed by atoms with Crippen LogP contribution in [0.4, 0.5) is 0 Å². The Morgan fingerprint density at radius 1 is 1.24 bits per heavy atom. The summed E-state index contributed by atoms with van der Waals surface area (Å²) in [6, 6.07) is 9.94. The van der Waals surface area contributed by atoms with E-state index in [2.05, 4.69) is 41.4 Å². The van der Waals surface area contributed by atoms with Crippen molar-refractivity contribution in [3.8, 4) is 11.8 Å². The number of carbonyl (C=O) groups excluding carboxylic acids is 1. The third kappa shape index (κ3) is 5.33. The summed E-state index contributed by atoms with van der Waals surface area (Å²) in [5, 5.41) is 11.3. The number of benzene rings is 2. The molecule has 2 aliphatic rings. The van der Waals surface area contributed by atoms with Crippen LogP contribution in [0.1, 0.15) is 92.8 Å². The number of nitrogens with zero attached hydrogens (tertiary/aromatic N) is 1. The zero-order valence-corrected chi connectivity index (χ0v) is 26.0. The summed E-state index contributed by atoms with van der Waals surface area (Å²) in [5.74, 6) is 5.24. The van der Waals surface area contributed by atoms with E-state index < -0.39 is 16.8 Å². The van der Waals surface area contributed by atoms with E-state index in [4.69, 9.17) is 23.2 Å². The number of hydrogen-bond donors (Lipinski definition) is 1. The monoisotopic (exact) mass is 665 g/mol. The first-order chi connectivity index (χ1) is 17.9. The summed E-state index contributed by atoms with van der Waals surface area (Å²) in [6.45, 7) is 8.81. The lowest BCUT2D eigenvalue weighted by atomic mass is 9.53.